The largest absolute Gasteiger partial charge is 0.497 e. The minimum absolute atomic E-state index is 0.103. The van der Waals surface area contributed by atoms with Crippen molar-refractivity contribution in [3.63, 3.8) is 0 Å². The molecule has 2 N–H and O–H groups in total. The number of ketones is 1. The van der Waals surface area contributed by atoms with Crippen molar-refractivity contribution in [1.29, 1.82) is 0 Å². The average molecular weight is 597 g/mol. The number of carbonyl (C=O) groups is 1. The second-order valence-electron chi connectivity index (χ2n) is 9.90. The van der Waals surface area contributed by atoms with Crippen LogP contribution in [0.5, 0.6) is 17.2 Å². The van der Waals surface area contributed by atoms with Gasteiger partial charge in [-0.25, -0.2) is 0 Å². The Bertz CT molecular complexity index is 1820. The third-order valence-electron chi connectivity index (χ3n) is 6.83. The van der Waals surface area contributed by atoms with E-state index in [1.165, 1.54) is 31.2 Å². The Labute approximate surface area is 238 Å². The molecule has 0 aliphatic carbocycles. The van der Waals surface area contributed by atoms with Crippen LogP contribution >= 0.6 is 0 Å². The van der Waals surface area contributed by atoms with Gasteiger partial charge in [0.05, 0.1) is 12.0 Å². The Morgan fingerprint density at radius 2 is 1.15 bits per heavy atom. The number of methoxy groups -OCH3 is 1. The predicted molar refractivity (Wildman–Crippen MR) is 152 cm³/mol. The quantitative estimate of drug-likeness (QED) is 0.180. The van der Waals surface area contributed by atoms with E-state index in [1.807, 2.05) is 36.4 Å². The molecule has 0 spiro atoms. The second kappa shape index (κ2) is 11.1. The topological polar surface area (TPSA) is 144 Å². The summed E-state index contributed by atoms with van der Waals surface area (Å²) in [5.74, 6) is 0.0992. The van der Waals surface area contributed by atoms with Crippen molar-refractivity contribution in [3.8, 4) is 17.2 Å². The first-order valence-corrected chi connectivity index (χ1v) is 15.2. The van der Waals surface area contributed by atoms with Crippen LogP contribution in [0.3, 0.4) is 0 Å². The Balaban J connectivity index is 1.63. The molecule has 0 radical (unpaired) electrons. The number of aryl methyl sites for hydroxylation is 1. The van der Waals surface area contributed by atoms with E-state index >= 15 is 0 Å². The summed E-state index contributed by atoms with van der Waals surface area (Å²) >= 11 is 0. The molecule has 0 bridgehead atoms. The van der Waals surface area contributed by atoms with Gasteiger partial charge in [-0.1, -0.05) is 50.2 Å². The van der Waals surface area contributed by atoms with Crippen LogP contribution in [-0.2, 0) is 25.7 Å². The van der Waals surface area contributed by atoms with Crippen LogP contribution in [0.25, 0.3) is 0 Å². The van der Waals surface area contributed by atoms with Gasteiger partial charge in [0.15, 0.2) is 5.78 Å². The summed E-state index contributed by atoms with van der Waals surface area (Å²) < 4.78 is 78.1. The molecule has 4 aromatic rings. The second-order valence-corrected chi connectivity index (χ2v) is 12.7. The predicted octanol–water partition coefficient (Wildman–Crippen LogP) is 5.85. The first-order chi connectivity index (χ1) is 19.1. The highest BCUT2D eigenvalue weighted by molar-refractivity contribution is 7.86. The van der Waals surface area contributed by atoms with E-state index in [4.69, 9.17) is 9.47 Å². The summed E-state index contributed by atoms with van der Waals surface area (Å²) in [5, 5.41) is 0. The monoisotopic (exact) mass is 596 g/mol. The van der Waals surface area contributed by atoms with Crippen molar-refractivity contribution in [1.82, 2.24) is 0 Å². The molecule has 0 aliphatic heterocycles. The van der Waals surface area contributed by atoms with Crippen LogP contribution in [0.4, 0.5) is 0 Å². The minimum atomic E-state index is -4.83. The molecule has 4 aromatic carbocycles. The number of hydrogen-bond donors (Lipinski definition) is 2. The summed E-state index contributed by atoms with van der Waals surface area (Å²) in [5.41, 5.74) is 1.63. The van der Waals surface area contributed by atoms with Gasteiger partial charge in [0.25, 0.3) is 20.2 Å². The van der Waals surface area contributed by atoms with E-state index in [0.29, 0.717) is 5.75 Å². The number of ether oxygens (including phenoxy) is 2. The lowest BCUT2D eigenvalue weighted by Crippen LogP contribution is -2.18. The molecular formula is C30H28O9S2. The summed E-state index contributed by atoms with van der Waals surface area (Å²) in [6.45, 7) is 5.57. The lowest BCUT2D eigenvalue weighted by atomic mass is 9.78. The first-order valence-electron chi connectivity index (χ1n) is 12.3. The van der Waals surface area contributed by atoms with Crippen LogP contribution < -0.4 is 9.47 Å². The van der Waals surface area contributed by atoms with Crippen molar-refractivity contribution in [3.05, 3.63) is 113 Å². The van der Waals surface area contributed by atoms with Crippen LogP contribution in [-0.4, -0.2) is 38.8 Å². The maximum atomic E-state index is 13.1. The van der Waals surface area contributed by atoms with Crippen molar-refractivity contribution in [2.45, 2.75) is 36.0 Å². The van der Waals surface area contributed by atoms with Gasteiger partial charge in [-0.15, -0.1) is 0 Å². The Hall–Kier alpha value is -4.03. The summed E-state index contributed by atoms with van der Waals surface area (Å²) in [7, 11) is -7.81. The third kappa shape index (κ3) is 6.49. The number of benzene rings is 4. The van der Waals surface area contributed by atoms with E-state index in [0.717, 1.165) is 29.0 Å². The lowest BCUT2D eigenvalue weighted by molar-refractivity contribution is 0.103. The van der Waals surface area contributed by atoms with Crippen LogP contribution in [0.1, 0.15) is 46.5 Å². The van der Waals surface area contributed by atoms with Gasteiger partial charge >= 0.3 is 0 Å². The lowest BCUT2D eigenvalue weighted by Gasteiger charge is -2.26. The molecule has 0 aliphatic rings. The summed E-state index contributed by atoms with van der Waals surface area (Å²) in [4.78, 5) is 12.0. The van der Waals surface area contributed by atoms with Crippen molar-refractivity contribution in [2.24, 2.45) is 0 Å². The highest BCUT2D eigenvalue weighted by Gasteiger charge is 2.25. The molecule has 4 rings (SSSR count). The zero-order chi connectivity index (χ0) is 30.2. The smallest absolute Gasteiger partial charge is 0.298 e. The van der Waals surface area contributed by atoms with Gasteiger partial charge in [0.2, 0.25) is 0 Å². The van der Waals surface area contributed by atoms with Crippen LogP contribution in [0, 0.1) is 6.92 Å². The highest BCUT2D eigenvalue weighted by Crippen LogP contribution is 2.35. The molecular weight excluding hydrogens is 568 g/mol. The summed E-state index contributed by atoms with van der Waals surface area (Å²) in [6.07, 6.45) is 0. The van der Waals surface area contributed by atoms with Gasteiger partial charge in [-0.3, -0.25) is 13.9 Å². The maximum absolute atomic E-state index is 13.1. The summed E-state index contributed by atoms with van der Waals surface area (Å²) in [6, 6.07) is 21.9. The zero-order valence-corrected chi connectivity index (χ0v) is 24.3. The van der Waals surface area contributed by atoms with E-state index in [2.05, 4.69) is 13.8 Å². The molecule has 0 saturated carbocycles. The highest BCUT2D eigenvalue weighted by atomic mass is 32.2. The van der Waals surface area contributed by atoms with Gasteiger partial charge < -0.3 is 9.47 Å². The fourth-order valence-electron chi connectivity index (χ4n) is 4.36. The molecule has 0 saturated heterocycles. The number of carbonyl (C=O) groups excluding carboxylic acids is 1. The molecule has 0 amide bonds. The molecule has 0 heterocycles. The molecule has 41 heavy (non-hydrogen) atoms. The van der Waals surface area contributed by atoms with E-state index < -0.39 is 35.8 Å². The van der Waals surface area contributed by atoms with E-state index in [1.54, 1.807) is 19.2 Å². The standard InChI is InChI=1S/C30H28O9S2/c1-19-5-6-20(17-27(19)40(32,33)34)29(31)21-7-16-26(28(18-21)41(35,36)37)39-25-14-10-23(11-15-25)30(2,3)22-8-12-24(38-4)13-9-22/h5-18H,1-4H3,(H,32,33,34)(H,35,36,37). The van der Waals surface area contributed by atoms with Gasteiger partial charge in [0, 0.05) is 16.5 Å². The van der Waals surface area contributed by atoms with Crippen molar-refractivity contribution >= 4 is 26.0 Å². The molecule has 0 aromatic heterocycles. The molecule has 0 fully saturated rings. The van der Waals surface area contributed by atoms with Gasteiger partial charge in [-0.2, -0.15) is 16.8 Å². The average Bonchev–Trinajstić information content (AvgIpc) is 2.92. The fourth-order valence-corrected chi connectivity index (χ4v) is 5.75. The zero-order valence-electron chi connectivity index (χ0n) is 22.7. The maximum Gasteiger partial charge on any atom is 0.298 e. The molecule has 9 nitrogen and oxygen atoms in total. The Morgan fingerprint density at radius 1 is 0.683 bits per heavy atom. The molecule has 11 heteroatoms. The minimum Gasteiger partial charge on any atom is -0.497 e. The number of hydrogen-bond acceptors (Lipinski definition) is 7. The Morgan fingerprint density at radius 3 is 1.63 bits per heavy atom. The van der Waals surface area contributed by atoms with Gasteiger partial charge in [-0.05, 0) is 72.1 Å². The molecule has 214 valence electrons. The Kier molecular flexibility index (Phi) is 8.10. The first kappa shape index (κ1) is 29.9. The SMILES string of the molecule is COc1ccc(C(C)(C)c2ccc(Oc3ccc(C(=O)c4ccc(C)c(S(=O)(=O)O)c4)cc3S(=O)(=O)O)cc2)cc1. The van der Waals surface area contributed by atoms with Gasteiger partial charge in [0.1, 0.15) is 22.1 Å². The molecule has 0 unspecified atom stereocenters. The van der Waals surface area contributed by atoms with Crippen molar-refractivity contribution in [2.75, 3.05) is 7.11 Å². The fraction of sp³-hybridized carbons (Fsp3) is 0.167. The van der Waals surface area contributed by atoms with Crippen molar-refractivity contribution < 1.29 is 40.2 Å². The molecule has 0 atom stereocenters. The van der Waals surface area contributed by atoms with E-state index in [9.17, 15) is 30.7 Å². The third-order valence-corrected chi connectivity index (χ3v) is 8.70. The van der Waals surface area contributed by atoms with E-state index in [-0.39, 0.29) is 27.9 Å². The normalized spacial score (nSPS) is 12.1. The number of rotatable bonds is 9. The van der Waals surface area contributed by atoms with Crippen LogP contribution in [0.2, 0.25) is 0 Å². The van der Waals surface area contributed by atoms with Crippen LogP contribution in [0.15, 0.2) is 94.7 Å².